The topological polar surface area (TPSA) is 86.9 Å². The van der Waals surface area contributed by atoms with Crippen LogP contribution < -0.4 is 10.6 Å². The van der Waals surface area contributed by atoms with E-state index in [4.69, 9.17) is 16.9 Å². The van der Waals surface area contributed by atoms with E-state index in [9.17, 15) is 14.0 Å². The number of benzene rings is 2. The third-order valence-corrected chi connectivity index (χ3v) is 6.65. The zero-order valence-electron chi connectivity index (χ0n) is 17.5. The number of carbonyl (C=O) groups excluding carboxylic acids is 2. The third-order valence-electron chi connectivity index (χ3n) is 4.92. The van der Waals surface area contributed by atoms with E-state index in [1.165, 1.54) is 29.0 Å². The summed E-state index contributed by atoms with van der Waals surface area (Å²) in [6, 6.07) is 10.1. The number of hydrogen-bond donors (Lipinski definition) is 2. The minimum atomic E-state index is -0.789. The summed E-state index contributed by atoms with van der Waals surface area (Å²) < 4.78 is 16.9. The molecule has 1 aromatic heterocycles. The fourth-order valence-electron chi connectivity index (χ4n) is 3.22. The molecule has 3 rings (SSSR count). The highest BCUT2D eigenvalue weighted by Gasteiger charge is 2.21. The maximum atomic E-state index is 14.0. The minimum absolute atomic E-state index is 0.0299. The maximum absolute atomic E-state index is 14.0. The molecule has 0 radical (unpaired) electrons. The quantitative estimate of drug-likeness (QED) is 0.398. The lowest BCUT2D eigenvalue weighted by atomic mass is 10.1. The van der Waals surface area contributed by atoms with Crippen molar-refractivity contribution in [1.29, 1.82) is 5.26 Å². The Morgan fingerprint density at radius 1 is 1.15 bits per heavy atom. The molecular formula is C23H18Br2ClFN4O2. The lowest BCUT2D eigenvalue weighted by molar-refractivity contribution is 0.0903. The van der Waals surface area contributed by atoms with Gasteiger partial charge in [-0.2, -0.15) is 5.26 Å². The van der Waals surface area contributed by atoms with Crippen molar-refractivity contribution in [2.45, 2.75) is 13.0 Å². The predicted molar refractivity (Wildman–Crippen MR) is 131 cm³/mol. The summed E-state index contributed by atoms with van der Waals surface area (Å²) in [5, 5.41) is 14.8. The monoisotopic (exact) mass is 594 g/mol. The molecule has 1 atom stereocenters. The first-order chi connectivity index (χ1) is 15.6. The predicted octanol–water partition coefficient (Wildman–Crippen LogP) is 5.42. The van der Waals surface area contributed by atoms with E-state index in [1.807, 2.05) is 19.1 Å². The highest BCUT2D eigenvalue weighted by molar-refractivity contribution is 9.11. The van der Waals surface area contributed by atoms with Gasteiger partial charge in [0.25, 0.3) is 11.8 Å². The summed E-state index contributed by atoms with van der Waals surface area (Å²) in [7, 11) is 1.64. The van der Waals surface area contributed by atoms with Gasteiger partial charge in [0.1, 0.15) is 17.6 Å². The summed E-state index contributed by atoms with van der Waals surface area (Å²) in [5.74, 6) is -1.44. The minimum Gasteiger partial charge on any atom is -0.350 e. The molecule has 0 saturated carbocycles. The van der Waals surface area contributed by atoms with Crippen LogP contribution in [0.25, 0.3) is 0 Å². The molecule has 2 aromatic carbocycles. The van der Waals surface area contributed by atoms with Crippen molar-refractivity contribution in [2.75, 3.05) is 6.54 Å². The first-order valence-electron chi connectivity index (χ1n) is 9.66. The molecule has 0 aliphatic rings. The van der Waals surface area contributed by atoms with Gasteiger partial charge in [-0.25, -0.2) is 4.39 Å². The molecule has 0 aliphatic heterocycles. The van der Waals surface area contributed by atoms with Gasteiger partial charge in [-0.15, -0.1) is 0 Å². The number of nitrogens with zero attached hydrogens (tertiary/aromatic N) is 2. The zero-order chi connectivity index (χ0) is 24.3. The molecule has 3 aromatic rings. The normalized spacial score (nSPS) is 11.5. The highest BCUT2D eigenvalue weighted by Crippen LogP contribution is 2.26. The number of aryl methyl sites for hydroxylation is 2. The second-order valence-corrected chi connectivity index (χ2v) is 9.50. The standard InChI is InChI=1S/C23H18Br2ClFN4O2/c1-12-3-19(25)17(8-18(12)24)22(32)29-10-20(14-5-15(26)7-16(27)6-14)30-23(33)21-4-13(9-28)11-31(21)2/h3-8,11,20H,10H2,1-2H3,(H,29,32)(H,30,33). The van der Waals surface area contributed by atoms with Crippen LogP contribution >= 0.6 is 43.5 Å². The molecule has 2 amide bonds. The van der Waals surface area contributed by atoms with Gasteiger partial charge in [0.2, 0.25) is 0 Å². The van der Waals surface area contributed by atoms with Crippen LogP contribution in [0.1, 0.15) is 43.6 Å². The number of rotatable bonds is 6. The summed E-state index contributed by atoms with van der Waals surface area (Å²) in [5.41, 5.74) is 2.31. The number of aromatic nitrogens is 1. The van der Waals surface area contributed by atoms with Crippen molar-refractivity contribution >= 4 is 55.3 Å². The molecule has 1 heterocycles. The molecule has 0 aliphatic carbocycles. The second kappa shape index (κ2) is 10.5. The van der Waals surface area contributed by atoms with Crippen molar-refractivity contribution in [3.05, 3.63) is 90.3 Å². The molecule has 2 N–H and O–H groups in total. The van der Waals surface area contributed by atoms with E-state index in [-0.39, 0.29) is 23.2 Å². The van der Waals surface area contributed by atoms with Crippen LogP contribution in [0.2, 0.25) is 5.02 Å². The van der Waals surface area contributed by atoms with Crippen LogP contribution in [0.4, 0.5) is 4.39 Å². The van der Waals surface area contributed by atoms with Gasteiger partial charge in [0.05, 0.1) is 17.2 Å². The van der Waals surface area contributed by atoms with Crippen LogP contribution in [0.5, 0.6) is 0 Å². The first-order valence-corrected chi connectivity index (χ1v) is 11.6. The van der Waals surface area contributed by atoms with Gasteiger partial charge < -0.3 is 15.2 Å². The van der Waals surface area contributed by atoms with Gasteiger partial charge in [-0.1, -0.05) is 27.5 Å². The van der Waals surface area contributed by atoms with Crippen molar-refractivity contribution in [2.24, 2.45) is 7.05 Å². The van der Waals surface area contributed by atoms with E-state index in [2.05, 4.69) is 42.5 Å². The maximum Gasteiger partial charge on any atom is 0.268 e. The van der Waals surface area contributed by atoms with Crippen molar-refractivity contribution in [3.8, 4) is 6.07 Å². The van der Waals surface area contributed by atoms with Gasteiger partial charge >= 0.3 is 0 Å². The van der Waals surface area contributed by atoms with Crippen LogP contribution in [0, 0.1) is 24.1 Å². The Kier molecular flexibility index (Phi) is 7.95. The van der Waals surface area contributed by atoms with Crippen molar-refractivity contribution in [3.63, 3.8) is 0 Å². The van der Waals surface area contributed by atoms with Crippen molar-refractivity contribution < 1.29 is 14.0 Å². The molecule has 6 nitrogen and oxygen atoms in total. The average Bonchev–Trinajstić information content (AvgIpc) is 3.13. The zero-order valence-corrected chi connectivity index (χ0v) is 21.5. The smallest absolute Gasteiger partial charge is 0.268 e. The SMILES string of the molecule is Cc1cc(Br)c(C(=O)NCC(NC(=O)c2cc(C#N)cn2C)c2cc(F)cc(Cl)c2)cc1Br. The second-order valence-electron chi connectivity index (χ2n) is 7.36. The summed E-state index contributed by atoms with van der Waals surface area (Å²) >= 11 is 12.8. The molecular weight excluding hydrogens is 579 g/mol. The van der Waals surface area contributed by atoms with Crippen LogP contribution in [0.3, 0.4) is 0 Å². The Balaban J connectivity index is 1.87. The Labute approximate surface area is 212 Å². The number of halogens is 4. The Morgan fingerprint density at radius 3 is 2.52 bits per heavy atom. The molecule has 0 bridgehead atoms. The summed E-state index contributed by atoms with van der Waals surface area (Å²) in [4.78, 5) is 25.7. The fraction of sp³-hybridized carbons (Fsp3) is 0.174. The van der Waals surface area contributed by atoms with Crippen LogP contribution in [-0.4, -0.2) is 22.9 Å². The molecule has 170 valence electrons. The van der Waals surface area contributed by atoms with Gasteiger partial charge in [-0.3, -0.25) is 9.59 Å². The van der Waals surface area contributed by atoms with Gasteiger partial charge in [0, 0.05) is 33.8 Å². The van der Waals surface area contributed by atoms with E-state index < -0.39 is 17.8 Å². The lowest BCUT2D eigenvalue weighted by Gasteiger charge is -2.21. The van der Waals surface area contributed by atoms with E-state index in [1.54, 1.807) is 13.1 Å². The molecule has 0 saturated heterocycles. The summed E-state index contributed by atoms with van der Waals surface area (Å²) in [6.07, 6.45) is 1.53. The van der Waals surface area contributed by atoms with E-state index in [0.717, 1.165) is 16.1 Å². The molecule has 10 heteroatoms. The van der Waals surface area contributed by atoms with Crippen LogP contribution in [-0.2, 0) is 7.05 Å². The molecule has 0 spiro atoms. The average molecular weight is 597 g/mol. The van der Waals surface area contributed by atoms with Crippen molar-refractivity contribution in [1.82, 2.24) is 15.2 Å². The lowest BCUT2D eigenvalue weighted by Crippen LogP contribution is -2.38. The van der Waals surface area contributed by atoms with Gasteiger partial charge in [-0.05, 0) is 70.4 Å². The van der Waals surface area contributed by atoms with Crippen LogP contribution in [0.15, 0.2) is 51.5 Å². The molecule has 33 heavy (non-hydrogen) atoms. The first kappa shape index (κ1) is 25.0. The highest BCUT2D eigenvalue weighted by atomic mass is 79.9. The number of carbonyl (C=O) groups is 2. The Morgan fingerprint density at radius 2 is 1.88 bits per heavy atom. The number of hydrogen-bond acceptors (Lipinski definition) is 3. The fourth-order valence-corrected chi connectivity index (χ4v) is 4.43. The Hall–Kier alpha value is -2.67. The van der Waals surface area contributed by atoms with E-state index >= 15 is 0 Å². The van der Waals surface area contributed by atoms with E-state index in [0.29, 0.717) is 21.2 Å². The van der Waals surface area contributed by atoms with Gasteiger partial charge in [0.15, 0.2) is 0 Å². The largest absolute Gasteiger partial charge is 0.350 e. The Bertz CT molecular complexity index is 1270. The summed E-state index contributed by atoms with van der Waals surface area (Å²) in [6.45, 7) is 1.87. The number of nitrogens with one attached hydrogen (secondary N) is 2. The number of amides is 2. The molecule has 0 fully saturated rings. The third kappa shape index (κ3) is 6.02. The molecule has 1 unspecified atom stereocenters. The number of nitriles is 1.